The highest BCUT2D eigenvalue weighted by atomic mass is 32.1. The van der Waals surface area contributed by atoms with Crippen LogP contribution < -0.4 is 0 Å². The number of carboxylic acid groups (broad SMARTS) is 1. The van der Waals surface area contributed by atoms with E-state index in [1.807, 2.05) is 6.08 Å². The van der Waals surface area contributed by atoms with Gasteiger partial charge in [0.05, 0.1) is 5.69 Å². The van der Waals surface area contributed by atoms with Gasteiger partial charge in [-0.15, -0.1) is 11.3 Å². The Morgan fingerprint density at radius 1 is 1.77 bits per heavy atom. The summed E-state index contributed by atoms with van der Waals surface area (Å²) in [6.45, 7) is 0. The summed E-state index contributed by atoms with van der Waals surface area (Å²) >= 11 is 5.18. The van der Waals surface area contributed by atoms with E-state index in [0.29, 0.717) is 5.69 Å². The second kappa shape index (κ2) is 5.04. The second-order valence-electron chi connectivity index (χ2n) is 2.30. The summed E-state index contributed by atoms with van der Waals surface area (Å²) in [5.74, 6) is -0.189. The lowest BCUT2D eigenvalue weighted by Gasteiger charge is -1.83. The lowest BCUT2D eigenvalue weighted by Crippen LogP contribution is -1.93. The number of nitrogens with zero attached hydrogens (tertiary/aromatic N) is 1. The summed E-state index contributed by atoms with van der Waals surface area (Å²) in [6, 6.07) is 0. The maximum Gasteiger partial charge on any atom is 0.365 e. The fourth-order valence-electron chi connectivity index (χ4n) is 0.740. The van der Waals surface area contributed by atoms with Crippen molar-refractivity contribution in [2.45, 2.75) is 6.42 Å². The first-order chi connectivity index (χ1) is 6.24. The van der Waals surface area contributed by atoms with E-state index in [-0.39, 0.29) is 5.01 Å². The zero-order valence-corrected chi connectivity index (χ0v) is 8.52. The van der Waals surface area contributed by atoms with Crippen LogP contribution in [0.25, 0.3) is 6.08 Å². The number of rotatable bonds is 4. The average Bonchev–Trinajstić information content (AvgIpc) is 2.53. The van der Waals surface area contributed by atoms with Gasteiger partial charge in [-0.3, -0.25) is 0 Å². The van der Waals surface area contributed by atoms with Crippen LogP contribution in [0.4, 0.5) is 0 Å². The molecule has 0 aliphatic carbocycles. The summed E-state index contributed by atoms with van der Waals surface area (Å²) in [6.07, 6.45) is 4.59. The van der Waals surface area contributed by atoms with Gasteiger partial charge in [-0.25, -0.2) is 9.78 Å². The molecular formula is C8H9NO2S2. The summed E-state index contributed by atoms with van der Waals surface area (Å²) in [4.78, 5) is 14.3. The lowest BCUT2D eigenvalue weighted by atomic mass is 10.3. The van der Waals surface area contributed by atoms with Crippen molar-refractivity contribution in [2.24, 2.45) is 0 Å². The molecule has 1 rings (SSSR count). The van der Waals surface area contributed by atoms with E-state index in [9.17, 15) is 4.79 Å². The standard InChI is InChI=1S/C8H9NO2S2/c10-8(11)7-9-6(5-13-7)3-1-2-4-12/h1,3,5,12H,2,4H2,(H,10,11). The molecule has 0 aliphatic rings. The van der Waals surface area contributed by atoms with E-state index in [1.165, 1.54) is 0 Å². The molecule has 1 aromatic heterocycles. The quantitative estimate of drug-likeness (QED) is 0.757. The van der Waals surface area contributed by atoms with E-state index < -0.39 is 5.97 Å². The summed E-state index contributed by atoms with van der Waals surface area (Å²) in [5.41, 5.74) is 0.698. The van der Waals surface area contributed by atoms with Crippen LogP contribution in [0.5, 0.6) is 0 Å². The predicted molar refractivity (Wildman–Crippen MR) is 56.6 cm³/mol. The molecule has 0 spiro atoms. The van der Waals surface area contributed by atoms with Crippen molar-refractivity contribution in [1.82, 2.24) is 4.98 Å². The maximum atomic E-state index is 10.5. The van der Waals surface area contributed by atoms with Crippen LogP contribution >= 0.6 is 24.0 Å². The monoisotopic (exact) mass is 215 g/mol. The smallest absolute Gasteiger partial charge is 0.365 e. The Morgan fingerprint density at radius 2 is 2.54 bits per heavy atom. The van der Waals surface area contributed by atoms with Crippen molar-refractivity contribution >= 4 is 36.0 Å². The first-order valence-corrected chi connectivity index (χ1v) is 5.21. The van der Waals surface area contributed by atoms with E-state index in [4.69, 9.17) is 5.11 Å². The molecule has 70 valence electrons. The molecule has 1 aromatic rings. The van der Waals surface area contributed by atoms with Gasteiger partial charge in [0, 0.05) is 5.38 Å². The van der Waals surface area contributed by atoms with E-state index in [1.54, 1.807) is 11.5 Å². The Hall–Kier alpha value is -0.810. The number of aromatic nitrogens is 1. The molecule has 0 aromatic carbocycles. The molecule has 0 aliphatic heterocycles. The molecule has 1 N–H and O–H groups in total. The van der Waals surface area contributed by atoms with Crippen LogP contribution in [0.15, 0.2) is 11.5 Å². The molecule has 5 heteroatoms. The number of carbonyl (C=O) groups is 1. The third-order valence-corrected chi connectivity index (χ3v) is 2.40. The van der Waals surface area contributed by atoms with E-state index >= 15 is 0 Å². The summed E-state index contributed by atoms with van der Waals surface area (Å²) in [7, 11) is 0. The fourth-order valence-corrected chi connectivity index (χ4v) is 1.51. The van der Waals surface area contributed by atoms with Gasteiger partial charge in [0.1, 0.15) is 0 Å². The average molecular weight is 215 g/mol. The number of thiazole rings is 1. The first kappa shape index (κ1) is 10.3. The van der Waals surface area contributed by atoms with Crippen molar-refractivity contribution in [3.05, 3.63) is 22.2 Å². The minimum Gasteiger partial charge on any atom is -0.476 e. The number of allylic oxidation sites excluding steroid dienone is 1. The minimum atomic E-state index is -0.973. The van der Waals surface area contributed by atoms with Gasteiger partial charge >= 0.3 is 5.97 Å². The number of hydrogen-bond acceptors (Lipinski definition) is 4. The van der Waals surface area contributed by atoms with Gasteiger partial charge in [-0.05, 0) is 18.2 Å². The van der Waals surface area contributed by atoms with Crippen LogP contribution in [0.1, 0.15) is 21.9 Å². The van der Waals surface area contributed by atoms with E-state index in [0.717, 1.165) is 23.5 Å². The molecule has 0 saturated carbocycles. The molecule has 13 heavy (non-hydrogen) atoms. The third-order valence-electron chi connectivity index (χ3n) is 1.29. The zero-order valence-electron chi connectivity index (χ0n) is 6.80. The fraction of sp³-hybridized carbons (Fsp3) is 0.250. The number of hydrogen-bond donors (Lipinski definition) is 2. The molecule has 3 nitrogen and oxygen atoms in total. The van der Waals surface area contributed by atoms with Gasteiger partial charge < -0.3 is 5.11 Å². The molecule has 0 fully saturated rings. The van der Waals surface area contributed by atoms with Crippen molar-refractivity contribution in [3.63, 3.8) is 0 Å². The SMILES string of the molecule is O=C(O)c1nc(C=CCCS)cs1. The van der Waals surface area contributed by atoms with Crippen molar-refractivity contribution < 1.29 is 9.90 Å². The Kier molecular flexibility index (Phi) is 3.98. The normalized spacial score (nSPS) is 10.8. The van der Waals surface area contributed by atoms with Crippen LogP contribution in [0.3, 0.4) is 0 Å². The molecule has 0 saturated heterocycles. The first-order valence-electron chi connectivity index (χ1n) is 3.70. The van der Waals surface area contributed by atoms with Crippen molar-refractivity contribution in [1.29, 1.82) is 0 Å². The van der Waals surface area contributed by atoms with Gasteiger partial charge in [0.25, 0.3) is 0 Å². The Balaban J connectivity index is 2.64. The molecule has 0 amide bonds. The van der Waals surface area contributed by atoms with Gasteiger partial charge in [-0.1, -0.05) is 6.08 Å². The van der Waals surface area contributed by atoms with Crippen LogP contribution in [0, 0.1) is 0 Å². The zero-order chi connectivity index (χ0) is 9.68. The molecule has 0 atom stereocenters. The number of carboxylic acids is 1. The lowest BCUT2D eigenvalue weighted by molar-refractivity contribution is 0.0696. The Morgan fingerprint density at radius 3 is 3.08 bits per heavy atom. The highest BCUT2D eigenvalue weighted by Crippen LogP contribution is 2.11. The molecule has 1 heterocycles. The van der Waals surface area contributed by atoms with Gasteiger partial charge in [-0.2, -0.15) is 12.6 Å². The largest absolute Gasteiger partial charge is 0.476 e. The van der Waals surface area contributed by atoms with Gasteiger partial charge in [0.2, 0.25) is 5.01 Å². The second-order valence-corrected chi connectivity index (χ2v) is 3.60. The predicted octanol–water partition coefficient (Wildman–Crippen LogP) is 2.17. The summed E-state index contributed by atoms with van der Waals surface area (Å²) in [5, 5.41) is 10.4. The number of aromatic carboxylic acids is 1. The Bertz CT molecular complexity index is 320. The molecule has 0 bridgehead atoms. The third kappa shape index (κ3) is 3.20. The molecule has 0 unspecified atom stereocenters. The van der Waals surface area contributed by atoms with Crippen molar-refractivity contribution in [2.75, 3.05) is 5.75 Å². The highest BCUT2D eigenvalue weighted by molar-refractivity contribution is 7.80. The van der Waals surface area contributed by atoms with Crippen LogP contribution in [-0.4, -0.2) is 21.8 Å². The van der Waals surface area contributed by atoms with Crippen LogP contribution in [-0.2, 0) is 0 Å². The topological polar surface area (TPSA) is 50.2 Å². The maximum absolute atomic E-state index is 10.5. The highest BCUT2D eigenvalue weighted by Gasteiger charge is 2.06. The van der Waals surface area contributed by atoms with Crippen molar-refractivity contribution in [3.8, 4) is 0 Å². The molecule has 0 radical (unpaired) electrons. The summed E-state index contributed by atoms with van der Waals surface area (Å²) < 4.78 is 0. The van der Waals surface area contributed by atoms with Crippen LogP contribution in [0.2, 0.25) is 0 Å². The molecular weight excluding hydrogens is 206 g/mol. The van der Waals surface area contributed by atoms with E-state index in [2.05, 4.69) is 17.6 Å². The minimum absolute atomic E-state index is 0.130. The Labute approximate surface area is 85.5 Å². The van der Waals surface area contributed by atoms with Gasteiger partial charge in [0.15, 0.2) is 0 Å². The number of thiol groups is 1.